The predicted molar refractivity (Wildman–Crippen MR) is 99.9 cm³/mol. The van der Waals surface area contributed by atoms with E-state index in [9.17, 15) is 4.39 Å². The summed E-state index contributed by atoms with van der Waals surface area (Å²) in [6.07, 6.45) is 0. The first-order chi connectivity index (χ1) is 11.7. The Balaban J connectivity index is 1.79. The summed E-state index contributed by atoms with van der Waals surface area (Å²) in [6, 6.07) is 26.1. The summed E-state index contributed by atoms with van der Waals surface area (Å²) < 4.78 is 14.3. The van der Waals surface area contributed by atoms with Crippen LogP contribution in [0.2, 0.25) is 0 Å². The summed E-state index contributed by atoms with van der Waals surface area (Å²) in [7, 11) is 0. The van der Waals surface area contributed by atoms with Gasteiger partial charge in [0.1, 0.15) is 5.82 Å². The van der Waals surface area contributed by atoms with E-state index in [1.807, 2.05) is 18.2 Å². The van der Waals surface area contributed by atoms with Crippen molar-refractivity contribution in [2.75, 3.05) is 0 Å². The Hall–Kier alpha value is -1.97. The summed E-state index contributed by atoms with van der Waals surface area (Å²) in [5.74, 6) is -0.216. The maximum atomic E-state index is 13.8. The van der Waals surface area contributed by atoms with E-state index in [0.717, 1.165) is 18.7 Å². The molecule has 0 saturated heterocycles. The molecule has 0 radical (unpaired) electrons. The summed E-state index contributed by atoms with van der Waals surface area (Å²) in [5, 5.41) is 0. The fourth-order valence-electron chi connectivity index (χ4n) is 2.75. The normalized spacial score (nSPS) is 11.0. The van der Waals surface area contributed by atoms with Gasteiger partial charge in [-0.05, 0) is 44.8 Å². The highest BCUT2D eigenvalue weighted by Crippen LogP contribution is 2.19. The van der Waals surface area contributed by atoms with Crippen LogP contribution in [0.25, 0.3) is 0 Å². The highest BCUT2D eigenvalue weighted by atomic mass is 79.9. The summed E-state index contributed by atoms with van der Waals surface area (Å²) in [6.45, 7) is 2.36. The molecule has 0 unspecified atom stereocenters. The van der Waals surface area contributed by atoms with E-state index in [4.69, 9.17) is 0 Å². The van der Waals surface area contributed by atoms with Gasteiger partial charge in [-0.3, -0.25) is 4.90 Å². The minimum atomic E-state index is -0.216. The van der Waals surface area contributed by atoms with Crippen LogP contribution in [0.3, 0.4) is 0 Å². The first-order valence-corrected chi connectivity index (χ1v) is 8.74. The molecule has 0 aliphatic carbocycles. The molecule has 0 aliphatic rings. The van der Waals surface area contributed by atoms with Gasteiger partial charge in [-0.15, -0.1) is 0 Å². The molecule has 122 valence electrons. The monoisotopic (exact) mass is 383 g/mol. The molecule has 0 N–H and O–H groups in total. The summed E-state index contributed by atoms with van der Waals surface area (Å²) in [4.78, 5) is 2.33. The van der Waals surface area contributed by atoms with Gasteiger partial charge >= 0.3 is 0 Å². The Kier molecular flexibility index (Phi) is 5.78. The van der Waals surface area contributed by atoms with Gasteiger partial charge in [0.05, 0.1) is 4.47 Å². The van der Waals surface area contributed by atoms with Gasteiger partial charge in [-0.2, -0.15) is 0 Å². The molecular formula is C21H19BrFN. The van der Waals surface area contributed by atoms with Crippen LogP contribution in [-0.2, 0) is 19.6 Å². The Morgan fingerprint density at radius 1 is 0.667 bits per heavy atom. The van der Waals surface area contributed by atoms with Gasteiger partial charge in [0.2, 0.25) is 0 Å². The van der Waals surface area contributed by atoms with Gasteiger partial charge in [0, 0.05) is 19.6 Å². The highest BCUT2D eigenvalue weighted by Gasteiger charge is 2.10. The fourth-order valence-corrected chi connectivity index (χ4v) is 2.99. The maximum Gasteiger partial charge on any atom is 0.137 e. The minimum Gasteiger partial charge on any atom is -0.291 e. The van der Waals surface area contributed by atoms with Crippen LogP contribution in [0.15, 0.2) is 83.3 Å². The molecule has 1 nitrogen and oxygen atoms in total. The third-order valence-corrected chi connectivity index (χ3v) is 4.53. The van der Waals surface area contributed by atoms with Crippen molar-refractivity contribution in [2.45, 2.75) is 19.6 Å². The topological polar surface area (TPSA) is 3.24 Å². The first kappa shape index (κ1) is 16.9. The second-order valence-electron chi connectivity index (χ2n) is 5.86. The Labute approximate surface area is 150 Å². The SMILES string of the molecule is Fc1cc(CN(Cc2ccccc2)Cc2ccccc2)ccc1Br. The van der Waals surface area contributed by atoms with Crippen molar-refractivity contribution in [3.05, 3.63) is 106 Å². The van der Waals surface area contributed by atoms with E-state index in [1.54, 1.807) is 12.1 Å². The van der Waals surface area contributed by atoms with E-state index in [0.29, 0.717) is 11.0 Å². The van der Waals surface area contributed by atoms with E-state index in [-0.39, 0.29) is 5.82 Å². The highest BCUT2D eigenvalue weighted by molar-refractivity contribution is 9.10. The molecule has 3 rings (SSSR count). The molecule has 0 fully saturated rings. The number of hydrogen-bond acceptors (Lipinski definition) is 1. The molecule has 24 heavy (non-hydrogen) atoms. The molecule has 0 spiro atoms. The van der Waals surface area contributed by atoms with E-state index < -0.39 is 0 Å². The molecule has 0 heterocycles. The lowest BCUT2D eigenvalue weighted by Crippen LogP contribution is -2.22. The Bertz CT molecular complexity index is 733. The van der Waals surface area contributed by atoms with Crippen molar-refractivity contribution in [3.8, 4) is 0 Å². The van der Waals surface area contributed by atoms with Gasteiger partial charge in [-0.25, -0.2) is 4.39 Å². The quantitative estimate of drug-likeness (QED) is 0.520. The van der Waals surface area contributed by atoms with Crippen LogP contribution in [0.1, 0.15) is 16.7 Å². The number of halogens is 2. The number of hydrogen-bond donors (Lipinski definition) is 0. The molecule has 0 saturated carbocycles. The predicted octanol–water partition coefficient (Wildman–Crippen LogP) is 5.79. The molecular weight excluding hydrogens is 365 g/mol. The van der Waals surface area contributed by atoms with E-state index in [1.165, 1.54) is 11.1 Å². The molecule has 3 heteroatoms. The van der Waals surface area contributed by atoms with Crippen LogP contribution < -0.4 is 0 Å². The number of nitrogens with zero attached hydrogens (tertiary/aromatic N) is 1. The zero-order valence-corrected chi connectivity index (χ0v) is 14.9. The van der Waals surface area contributed by atoms with Gasteiger partial charge in [0.25, 0.3) is 0 Å². The standard InChI is InChI=1S/C21H19BrFN/c22-20-12-11-19(13-21(20)23)16-24(14-17-7-3-1-4-8-17)15-18-9-5-2-6-10-18/h1-13H,14-16H2. The molecule has 3 aromatic carbocycles. The van der Waals surface area contributed by atoms with Crippen LogP contribution in [0.4, 0.5) is 4.39 Å². The molecule has 3 aromatic rings. The third kappa shape index (κ3) is 4.76. The Morgan fingerprint density at radius 3 is 1.67 bits per heavy atom. The fraction of sp³-hybridized carbons (Fsp3) is 0.143. The number of benzene rings is 3. The molecule has 0 bridgehead atoms. The van der Waals surface area contributed by atoms with Crippen molar-refractivity contribution in [2.24, 2.45) is 0 Å². The zero-order chi connectivity index (χ0) is 16.8. The van der Waals surface area contributed by atoms with Crippen molar-refractivity contribution in [1.29, 1.82) is 0 Å². The lowest BCUT2D eigenvalue weighted by atomic mass is 10.1. The minimum absolute atomic E-state index is 0.216. The van der Waals surface area contributed by atoms with E-state index in [2.05, 4.69) is 69.4 Å². The lowest BCUT2D eigenvalue weighted by Gasteiger charge is -2.23. The third-order valence-electron chi connectivity index (χ3n) is 3.89. The average Bonchev–Trinajstić information content (AvgIpc) is 2.60. The largest absolute Gasteiger partial charge is 0.291 e. The second kappa shape index (κ2) is 8.22. The summed E-state index contributed by atoms with van der Waals surface area (Å²) >= 11 is 3.21. The van der Waals surface area contributed by atoms with Gasteiger partial charge < -0.3 is 0 Å². The van der Waals surface area contributed by atoms with Crippen LogP contribution in [0.5, 0.6) is 0 Å². The first-order valence-electron chi connectivity index (χ1n) is 7.95. The van der Waals surface area contributed by atoms with Crippen LogP contribution >= 0.6 is 15.9 Å². The van der Waals surface area contributed by atoms with Crippen molar-refractivity contribution < 1.29 is 4.39 Å². The zero-order valence-electron chi connectivity index (χ0n) is 13.3. The molecule has 0 amide bonds. The molecule has 0 aliphatic heterocycles. The van der Waals surface area contributed by atoms with Crippen molar-refractivity contribution in [3.63, 3.8) is 0 Å². The van der Waals surface area contributed by atoms with Crippen molar-refractivity contribution >= 4 is 15.9 Å². The van der Waals surface area contributed by atoms with Gasteiger partial charge in [-0.1, -0.05) is 66.7 Å². The molecule has 0 atom stereocenters. The number of rotatable bonds is 6. The van der Waals surface area contributed by atoms with Crippen LogP contribution in [-0.4, -0.2) is 4.90 Å². The van der Waals surface area contributed by atoms with E-state index >= 15 is 0 Å². The smallest absolute Gasteiger partial charge is 0.137 e. The summed E-state index contributed by atoms with van der Waals surface area (Å²) in [5.41, 5.74) is 3.49. The molecule has 0 aromatic heterocycles. The Morgan fingerprint density at radius 2 is 1.17 bits per heavy atom. The van der Waals surface area contributed by atoms with Crippen LogP contribution in [0, 0.1) is 5.82 Å². The van der Waals surface area contributed by atoms with Gasteiger partial charge in [0.15, 0.2) is 0 Å². The average molecular weight is 384 g/mol. The lowest BCUT2D eigenvalue weighted by molar-refractivity contribution is 0.247. The second-order valence-corrected chi connectivity index (χ2v) is 6.72. The van der Waals surface area contributed by atoms with Crippen molar-refractivity contribution in [1.82, 2.24) is 4.90 Å². The maximum absolute atomic E-state index is 13.8.